The molecule has 3 aliphatic rings. The lowest BCUT2D eigenvalue weighted by molar-refractivity contribution is -0.230. The van der Waals surface area contributed by atoms with Gasteiger partial charge in [0.15, 0.2) is 0 Å². The number of rotatable bonds is 2. The predicted octanol–water partition coefficient (Wildman–Crippen LogP) is 2.59. The van der Waals surface area contributed by atoms with Crippen LogP contribution >= 0.6 is 12.4 Å². The molecule has 0 aromatic heterocycles. The molecule has 128 valence electrons. The van der Waals surface area contributed by atoms with Crippen molar-refractivity contribution in [1.82, 2.24) is 4.90 Å². The first kappa shape index (κ1) is 18.0. The van der Waals surface area contributed by atoms with Gasteiger partial charge in [-0.2, -0.15) is 0 Å². The topological polar surface area (TPSA) is 55.6 Å². The van der Waals surface area contributed by atoms with Crippen molar-refractivity contribution in [3.63, 3.8) is 0 Å². The van der Waals surface area contributed by atoms with Crippen LogP contribution in [0.5, 0.6) is 0 Å². The molecule has 4 unspecified atom stereocenters. The highest BCUT2D eigenvalue weighted by molar-refractivity contribution is 5.89. The third-order valence-corrected chi connectivity index (χ3v) is 6.42. The summed E-state index contributed by atoms with van der Waals surface area (Å²) in [6.45, 7) is 9.02. The van der Waals surface area contributed by atoms with Crippen molar-refractivity contribution in [2.24, 2.45) is 23.0 Å². The Morgan fingerprint density at radius 1 is 1.32 bits per heavy atom. The molecular formula is C17H31ClN2O2. The van der Waals surface area contributed by atoms with Gasteiger partial charge in [0.2, 0.25) is 5.91 Å². The molecule has 1 aliphatic carbocycles. The molecule has 0 radical (unpaired) electrons. The minimum Gasteiger partial charge on any atom is -0.377 e. The van der Waals surface area contributed by atoms with Gasteiger partial charge in [-0.3, -0.25) is 4.79 Å². The summed E-state index contributed by atoms with van der Waals surface area (Å²) in [5, 5.41) is 0. The van der Waals surface area contributed by atoms with Gasteiger partial charge in [-0.05, 0) is 31.6 Å². The number of hydrogen-bond acceptors (Lipinski definition) is 3. The third kappa shape index (κ3) is 2.38. The molecule has 3 rings (SSSR count). The van der Waals surface area contributed by atoms with Gasteiger partial charge in [0, 0.05) is 31.0 Å². The summed E-state index contributed by atoms with van der Waals surface area (Å²) in [5.41, 5.74) is 5.74. The summed E-state index contributed by atoms with van der Waals surface area (Å²) in [7, 11) is 0. The van der Waals surface area contributed by atoms with E-state index in [9.17, 15) is 4.79 Å². The summed E-state index contributed by atoms with van der Waals surface area (Å²) in [6, 6.07) is 0. The average molecular weight is 331 g/mol. The lowest BCUT2D eigenvalue weighted by Crippen LogP contribution is -2.82. The number of hydrogen-bond donors (Lipinski definition) is 1. The number of nitrogens with zero attached hydrogens (tertiary/aromatic N) is 1. The Hall–Kier alpha value is -0.320. The van der Waals surface area contributed by atoms with Gasteiger partial charge in [0.25, 0.3) is 0 Å². The van der Waals surface area contributed by atoms with Gasteiger partial charge in [0.1, 0.15) is 5.54 Å². The van der Waals surface area contributed by atoms with Gasteiger partial charge in [-0.15, -0.1) is 12.4 Å². The molecule has 1 amide bonds. The molecular weight excluding hydrogens is 300 g/mol. The summed E-state index contributed by atoms with van der Waals surface area (Å²) >= 11 is 0. The van der Waals surface area contributed by atoms with E-state index < -0.39 is 5.54 Å². The smallest absolute Gasteiger partial charge is 0.243 e. The molecule has 22 heavy (non-hydrogen) atoms. The average Bonchev–Trinajstić information content (AvgIpc) is 2.53. The van der Waals surface area contributed by atoms with Crippen LogP contribution in [0, 0.1) is 17.3 Å². The normalized spacial score (nSPS) is 40.2. The van der Waals surface area contributed by atoms with E-state index in [2.05, 4.69) is 20.8 Å². The van der Waals surface area contributed by atoms with Crippen molar-refractivity contribution in [1.29, 1.82) is 0 Å². The summed E-state index contributed by atoms with van der Waals surface area (Å²) in [6.07, 6.45) is 5.73. The molecule has 2 saturated heterocycles. The molecule has 4 atom stereocenters. The van der Waals surface area contributed by atoms with Crippen LogP contribution in [0.3, 0.4) is 0 Å². The van der Waals surface area contributed by atoms with Crippen molar-refractivity contribution in [3.05, 3.63) is 0 Å². The van der Waals surface area contributed by atoms with E-state index in [0.717, 1.165) is 45.4 Å². The minimum atomic E-state index is -0.728. The zero-order valence-electron chi connectivity index (χ0n) is 14.1. The van der Waals surface area contributed by atoms with Crippen LogP contribution in [-0.2, 0) is 9.53 Å². The SMILES string of the molecule is CCC1CCCN(C(=O)C2(N)C3CCCOC3C2(C)C)C1.Cl. The molecule has 0 bridgehead atoms. The highest BCUT2D eigenvalue weighted by Gasteiger charge is 2.70. The Balaban J connectivity index is 0.00000176. The Bertz CT molecular complexity index is 429. The zero-order valence-corrected chi connectivity index (χ0v) is 15.0. The molecule has 3 fully saturated rings. The van der Waals surface area contributed by atoms with E-state index in [-0.39, 0.29) is 35.8 Å². The van der Waals surface area contributed by atoms with Gasteiger partial charge in [-0.25, -0.2) is 0 Å². The Labute approximate surface area is 140 Å². The number of amides is 1. The molecule has 1 saturated carbocycles. The van der Waals surface area contributed by atoms with Crippen molar-refractivity contribution in [2.45, 2.75) is 64.5 Å². The van der Waals surface area contributed by atoms with Crippen LogP contribution in [0.2, 0.25) is 0 Å². The van der Waals surface area contributed by atoms with Crippen molar-refractivity contribution in [3.8, 4) is 0 Å². The number of fused-ring (bicyclic) bond motifs is 1. The number of ether oxygens (including phenoxy) is 1. The number of halogens is 1. The number of carbonyl (C=O) groups is 1. The maximum Gasteiger partial charge on any atom is 0.243 e. The van der Waals surface area contributed by atoms with E-state index in [0.29, 0.717) is 5.92 Å². The molecule has 5 heteroatoms. The largest absolute Gasteiger partial charge is 0.377 e. The summed E-state index contributed by atoms with van der Waals surface area (Å²) in [4.78, 5) is 15.2. The van der Waals surface area contributed by atoms with Crippen LogP contribution in [0.25, 0.3) is 0 Å². The molecule has 2 N–H and O–H groups in total. The lowest BCUT2D eigenvalue weighted by Gasteiger charge is -2.66. The molecule has 2 aliphatic heterocycles. The number of carbonyl (C=O) groups excluding carboxylic acids is 1. The second-order valence-corrected chi connectivity index (χ2v) is 7.80. The van der Waals surface area contributed by atoms with E-state index in [4.69, 9.17) is 10.5 Å². The van der Waals surface area contributed by atoms with Crippen LogP contribution < -0.4 is 5.73 Å². The number of piperidine rings is 1. The van der Waals surface area contributed by atoms with Gasteiger partial charge >= 0.3 is 0 Å². The maximum atomic E-state index is 13.2. The minimum absolute atomic E-state index is 0. The fourth-order valence-corrected chi connectivity index (χ4v) is 4.85. The zero-order chi connectivity index (χ0) is 15.3. The van der Waals surface area contributed by atoms with Gasteiger partial charge in [-0.1, -0.05) is 27.2 Å². The van der Waals surface area contributed by atoms with Crippen molar-refractivity contribution >= 4 is 18.3 Å². The van der Waals surface area contributed by atoms with E-state index in [1.54, 1.807) is 0 Å². The highest BCUT2D eigenvalue weighted by Crippen LogP contribution is 2.58. The first-order valence-electron chi connectivity index (χ1n) is 8.62. The third-order valence-electron chi connectivity index (χ3n) is 6.42. The molecule has 0 spiro atoms. The van der Waals surface area contributed by atoms with Gasteiger partial charge in [0.05, 0.1) is 6.10 Å². The van der Waals surface area contributed by atoms with Gasteiger partial charge < -0.3 is 15.4 Å². The Morgan fingerprint density at radius 3 is 2.73 bits per heavy atom. The molecule has 0 aromatic carbocycles. The summed E-state index contributed by atoms with van der Waals surface area (Å²) < 4.78 is 5.92. The lowest BCUT2D eigenvalue weighted by atomic mass is 9.46. The summed E-state index contributed by atoms with van der Waals surface area (Å²) in [5.74, 6) is 1.03. The van der Waals surface area contributed by atoms with Crippen LogP contribution in [-0.4, -0.2) is 42.1 Å². The molecule has 4 nitrogen and oxygen atoms in total. The Morgan fingerprint density at radius 2 is 2.05 bits per heavy atom. The first-order valence-corrected chi connectivity index (χ1v) is 8.62. The van der Waals surface area contributed by atoms with Crippen molar-refractivity contribution in [2.75, 3.05) is 19.7 Å². The highest BCUT2D eigenvalue weighted by atomic mass is 35.5. The molecule has 2 heterocycles. The standard InChI is InChI=1S/C17H30N2O2.ClH/c1-4-12-7-5-9-19(11-12)15(20)17(18)13-8-6-10-21-14(13)16(17,2)3;/h12-14H,4-11,18H2,1-3H3;1H. The molecule has 0 aromatic rings. The Kier molecular flexibility index (Phi) is 5.15. The van der Waals surface area contributed by atoms with Crippen LogP contribution in [0.4, 0.5) is 0 Å². The second-order valence-electron chi connectivity index (χ2n) is 7.80. The van der Waals surface area contributed by atoms with E-state index in [1.807, 2.05) is 4.90 Å². The van der Waals surface area contributed by atoms with E-state index >= 15 is 0 Å². The van der Waals surface area contributed by atoms with Crippen LogP contribution in [0.15, 0.2) is 0 Å². The van der Waals surface area contributed by atoms with Crippen molar-refractivity contribution < 1.29 is 9.53 Å². The quantitative estimate of drug-likeness (QED) is 0.846. The number of nitrogens with two attached hydrogens (primary N) is 1. The second kappa shape index (κ2) is 6.29. The van der Waals surface area contributed by atoms with E-state index in [1.165, 1.54) is 6.42 Å². The fourth-order valence-electron chi connectivity index (χ4n) is 4.85. The first-order chi connectivity index (χ1) is 9.92. The van der Waals surface area contributed by atoms with Crippen LogP contribution in [0.1, 0.15) is 52.9 Å². The number of likely N-dealkylation sites (tertiary alicyclic amines) is 1. The fraction of sp³-hybridized carbons (Fsp3) is 0.941. The maximum absolute atomic E-state index is 13.2. The predicted molar refractivity (Wildman–Crippen MR) is 90.0 cm³/mol. The monoisotopic (exact) mass is 330 g/mol.